The van der Waals surface area contributed by atoms with Crippen molar-refractivity contribution >= 4 is 18.3 Å². The van der Waals surface area contributed by atoms with Gasteiger partial charge in [0.25, 0.3) is 5.91 Å². The van der Waals surface area contributed by atoms with E-state index in [1.165, 1.54) is 0 Å². The van der Waals surface area contributed by atoms with Crippen molar-refractivity contribution in [2.75, 3.05) is 33.4 Å². The SMILES string of the molecule is COCCNCCNC(=O)c1noc2c1CCCC2.Cl. The molecule has 1 aliphatic rings. The van der Waals surface area contributed by atoms with Crippen LogP contribution in [-0.2, 0) is 17.6 Å². The van der Waals surface area contributed by atoms with Crippen molar-refractivity contribution in [2.45, 2.75) is 25.7 Å². The molecule has 0 radical (unpaired) electrons. The Kier molecular flexibility index (Phi) is 7.58. The zero-order chi connectivity index (χ0) is 13.5. The van der Waals surface area contributed by atoms with Crippen LogP contribution in [0, 0.1) is 0 Å². The minimum atomic E-state index is -0.138. The van der Waals surface area contributed by atoms with E-state index in [9.17, 15) is 4.79 Å². The Morgan fingerprint density at radius 1 is 1.30 bits per heavy atom. The molecule has 1 amide bonds. The Morgan fingerprint density at radius 2 is 2.10 bits per heavy atom. The number of hydrogen-bond donors (Lipinski definition) is 2. The van der Waals surface area contributed by atoms with E-state index in [0.29, 0.717) is 18.8 Å². The van der Waals surface area contributed by atoms with Gasteiger partial charge in [0.1, 0.15) is 5.76 Å². The highest BCUT2D eigenvalue weighted by Gasteiger charge is 2.23. The van der Waals surface area contributed by atoms with Gasteiger partial charge in [-0.05, 0) is 19.3 Å². The zero-order valence-electron chi connectivity index (χ0n) is 11.7. The van der Waals surface area contributed by atoms with Crippen LogP contribution in [-0.4, -0.2) is 44.4 Å². The van der Waals surface area contributed by atoms with Crippen LogP contribution in [0.2, 0.25) is 0 Å². The van der Waals surface area contributed by atoms with Gasteiger partial charge in [0.15, 0.2) is 5.69 Å². The first-order valence-electron chi connectivity index (χ1n) is 6.78. The minimum Gasteiger partial charge on any atom is -0.383 e. The van der Waals surface area contributed by atoms with E-state index in [1.807, 2.05) is 0 Å². The number of nitrogens with one attached hydrogen (secondary N) is 2. The molecular formula is C13H22ClN3O3. The monoisotopic (exact) mass is 303 g/mol. The molecule has 7 heteroatoms. The zero-order valence-corrected chi connectivity index (χ0v) is 12.6. The second-order valence-electron chi connectivity index (χ2n) is 4.64. The molecule has 0 aromatic carbocycles. The molecule has 6 nitrogen and oxygen atoms in total. The van der Waals surface area contributed by atoms with E-state index in [0.717, 1.165) is 50.1 Å². The first kappa shape index (κ1) is 16.9. The van der Waals surface area contributed by atoms with E-state index in [-0.39, 0.29) is 18.3 Å². The minimum absolute atomic E-state index is 0. The molecule has 0 aliphatic heterocycles. The van der Waals surface area contributed by atoms with Gasteiger partial charge in [-0.15, -0.1) is 12.4 Å². The number of hydrogen-bond acceptors (Lipinski definition) is 5. The average Bonchev–Trinajstić information content (AvgIpc) is 2.86. The smallest absolute Gasteiger partial charge is 0.273 e. The normalized spacial score (nSPS) is 13.4. The number of aryl methyl sites for hydroxylation is 1. The molecule has 0 fully saturated rings. The lowest BCUT2D eigenvalue weighted by Gasteiger charge is -2.09. The van der Waals surface area contributed by atoms with Crippen LogP contribution in [0.3, 0.4) is 0 Å². The quantitative estimate of drug-likeness (QED) is 0.733. The average molecular weight is 304 g/mol. The number of ether oxygens (including phenoxy) is 1. The molecule has 0 bridgehead atoms. The Bertz CT molecular complexity index is 423. The van der Waals surface area contributed by atoms with E-state index in [4.69, 9.17) is 9.26 Å². The summed E-state index contributed by atoms with van der Waals surface area (Å²) in [7, 11) is 1.66. The Balaban J connectivity index is 0.00000200. The summed E-state index contributed by atoms with van der Waals surface area (Å²) < 4.78 is 10.1. The fourth-order valence-corrected chi connectivity index (χ4v) is 2.21. The standard InChI is InChI=1S/C13H21N3O3.ClH/c1-18-9-8-14-6-7-15-13(17)12-10-4-2-3-5-11(10)19-16-12;/h14H,2-9H2,1H3,(H,15,17);1H. The van der Waals surface area contributed by atoms with Gasteiger partial charge >= 0.3 is 0 Å². The highest BCUT2D eigenvalue weighted by atomic mass is 35.5. The van der Waals surface area contributed by atoms with Crippen molar-refractivity contribution in [1.82, 2.24) is 15.8 Å². The van der Waals surface area contributed by atoms with Crippen LogP contribution in [0.5, 0.6) is 0 Å². The molecule has 114 valence electrons. The van der Waals surface area contributed by atoms with Gasteiger partial charge in [-0.2, -0.15) is 0 Å². The Hall–Kier alpha value is -1.11. The molecule has 20 heavy (non-hydrogen) atoms. The third kappa shape index (κ3) is 4.47. The van der Waals surface area contributed by atoms with Gasteiger partial charge in [0.2, 0.25) is 0 Å². The topological polar surface area (TPSA) is 76.4 Å². The summed E-state index contributed by atoms with van der Waals surface area (Å²) in [6.45, 7) is 2.75. The van der Waals surface area contributed by atoms with Crippen LogP contribution in [0.1, 0.15) is 34.7 Å². The summed E-state index contributed by atoms with van der Waals surface area (Å²) >= 11 is 0. The van der Waals surface area contributed by atoms with E-state index >= 15 is 0 Å². The Labute approximate surface area is 125 Å². The summed E-state index contributed by atoms with van der Waals surface area (Å²) in [5.41, 5.74) is 1.46. The number of methoxy groups -OCH3 is 1. The number of carbonyl (C=O) groups excluding carboxylic acids is 1. The molecule has 0 atom stereocenters. The first-order valence-corrected chi connectivity index (χ1v) is 6.78. The largest absolute Gasteiger partial charge is 0.383 e. The molecular weight excluding hydrogens is 282 g/mol. The van der Waals surface area contributed by atoms with E-state index < -0.39 is 0 Å². The van der Waals surface area contributed by atoms with Crippen LogP contribution >= 0.6 is 12.4 Å². The van der Waals surface area contributed by atoms with Gasteiger partial charge in [0.05, 0.1) is 6.61 Å². The summed E-state index contributed by atoms with van der Waals surface area (Å²) in [5.74, 6) is 0.745. The highest BCUT2D eigenvalue weighted by molar-refractivity contribution is 5.93. The number of halogens is 1. The lowest BCUT2D eigenvalue weighted by Crippen LogP contribution is -2.33. The molecule has 1 aromatic heterocycles. The number of rotatable bonds is 7. The maximum absolute atomic E-state index is 12.0. The molecule has 0 saturated heterocycles. The summed E-state index contributed by atoms with van der Waals surface area (Å²) in [5, 5.41) is 9.91. The number of aromatic nitrogens is 1. The predicted molar refractivity (Wildman–Crippen MR) is 77.5 cm³/mol. The molecule has 1 aliphatic carbocycles. The van der Waals surface area contributed by atoms with Crippen molar-refractivity contribution < 1.29 is 14.1 Å². The van der Waals surface area contributed by atoms with Gasteiger partial charge in [-0.25, -0.2) is 0 Å². The third-order valence-electron chi connectivity index (χ3n) is 3.24. The van der Waals surface area contributed by atoms with Crippen LogP contribution in [0.4, 0.5) is 0 Å². The van der Waals surface area contributed by atoms with E-state index in [1.54, 1.807) is 7.11 Å². The number of fused-ring (bicyclic) bond motifs is 1. The summed E-state index contributed by atoms with van der Waals surface area (Å²) in [6, 6.07) is 0. The van der Waals surface area contributed by atoms with Crippen molar-refractivity contribution in [3.8, 4) is 0 Å². The lowest BCUT2D eigenvalue weighted by atomic mass is 9.96. The molecule has 1 aromatic rings. The van der Waals surface area contributed by atoms with Crippen molar-refractivity contribution in [1.29, 1.82) is 0 Å². The summed E-state index contributed by atoms with van der Waals surface area (Å²) in [4.78, 5) is 12.0. The van der Waals surface area contributed by atoms with Crippen molar-refractivity contribution in [2.24, 2.45) is 0 Å². The lowest BCUT2D eigenvalue weighted by molar-refractivity contribution is 0.0944. The fraction of sp³-hybridized carbons (Fsp3) is 0.692. The van der Waals surface area contributed by atoms with E-state index in [2.05, 4.69) is 15.8 Å². The van der Waals surface area contributed by atoms with Crippen molar-refractivity contribution in [3.63, 3.8) is 0 Å². The van der Waals surface area contributed by atoms with Gasteiger partial charge < -0.3 is 19.9 Å². The number of amides is 1. The number of carbonyl (C=O) groups is 1. The fourth-order valence-electron chi connectivity index (χ4n) is 2.21. The van der Waals surface area contributed by atoms with Crippen molar-refractivity contribution in [3.05, 3.63) is 17.0 Å². The second kappa shape index (κ2) is 8.94. The van der Waals surface area contributed by atoms with Crippen LogP contribution in [0.25, 0.3) is 0 Å². The molecule has 0 saturated carbocycles. The highest BCUT2D eigenvalue weighted by Crippen LogP contribution is 2.23. The third-order valence-corrected chi connectivity index (χ3v) is 3.24. The van der Waals surface area contributed by atoms with Gasteiger partial charge in [-0.1, -0.05) is 5.16 Å². The maximum Gasteiger partial charge on any atom is 0.273 e. The molecule has 0 unspecified atom stereocenters. The molecule has 2 rings (SSSR count). The second-order valence-corrected chi connectivity index (χ2v) is 4.64. The summed E-state index contributed by atoms with van der Waals surface area (Å²) in [6.07, 6.45) is 4.02. The molecule has 2 N–H and O–H groups in total. The molecule has 0 spiro atoms. The number of nitrogens with zero attached hydrogens (tertiary/aromatic N) is 1. The maximum atomic E-state index is 12.0. The first-order chi connectivity index (χ1) is 9.33. The van der Waals surface area contributed by atoms with Gasteiger partial charge in [-0.3, -0.25) is 4.79 Å². The van der Waals surface area contributed by atoms with Crippen LogP contribution < -0.4 is 10.6 Å². The van der Waals surface area contributed by atoms with Crippen LogP contribution in [0.15, 0.2) is 4.52 Å². The predicted octanol–water partition coefficient (Wildman–Crippen LogP) is 0.941. The Morgan fingerprint density at radius 3 is 2.90 bits per heavy atom. The van der Waals surface area contributed by atoms with Gasteiger partial charge in [0, 0.05) is 38.7 Å². The molecule has 1 heterocycles.